The monoisotopic (exact) mass is 312 g/mol. The Morgan fingerprint density at radius 3 is 2.61 bits per heavy atom. The maximum atomic E-state index is 13.0. The van der Waals surface area contributed by atoms with E-state index in [9.17, 15) is 9.59 Å². The molecule has 0 amide bonds. The van der Waals surface area contributed by atoms with Crippen LogP contribution in [0.1, 0.15) is 47.5 Å². The van der Waals surface area contributed by atoms with Gasteiger partial charge in [0.25, 0.3) is 0 Å². The minimum atomic E-state index is -0.916. The third-order valence-corrected chi connectivity index (χ3v) is 5.03. The van der Waals surface area contributed by atoms with Crippen LogP contribution in [0.3, 0.4) is 0 Å². The molecule has 2 bridgehead atoms. The zero-order valence-corrected chi connectivity index (χ0v) is 14.5. The summed E-state index contributed by atoms with van der Waals surface area (Å²) in [7, 11) is 0. The summed E-state index contributed by atoms with van der Waals surface area (Å²) in [6, 6.07) is 0. The van der Waals surface area contributed by atoms with Crippen LogP contribution in [0.25, 0.3) is 0 Å². The molecule has 0 aromatic carbocycles. The Labute approximate surface area is 137 Å². The predicted octanol–water partition coefficient (Wildman–Crippen LogP) is 4.07. The number of fused-ring (bicyclic) bond motifs is 1. The van der Waals surface area contributed by atoms with Gasteiger partial charge in [0.15, 0.2) is 11.4 Å². The van der Waals surface area contributed by atoms with Gasteiger partial charge in [-0.25, -0.2) is 0 Å². The van der Waals surface area contributed by atoms with Crippen molar-refractivity contribution < 1.29 is 14.3 Å². The second kappa shape index (κ2) is 5.05. The molecule has 0 fully saturated rings. The van der Waals surface area contributed by atoms with E-state index in [-0.39, 0.29) is 22.9 Å². The van der Waals surface area contributed by atoms with E-state index in [1.165, 1.54) is 0 Å². The molecule has 3 nitrogen and oxygen atoms in total. The third-order valence-electron chi connectivity index (χ3n) is 5.03. The second-order valence-corrected chi connectivity index (χ2v) is 7.80. The van der Waals surface area contributed by atoms with Crippen LogP contribution < -0.4 is 0 Å². The molecule has 2 atom stereocenters. The maximum absolute atomic E-state index is 13.0. The minimum absolute atomic E-state index is 0.00963. The summed E-state index contributed by atoms with van der Waals surface area (Å²) in [5.74, 6) is 1.07. The van der Waals surface area contributed by atoms with Crippen LogP contribution in [0.15, 0.2) is 46.8 Å². The highest BCUT2D eigenvalue weighted by atomic mass is 16.5. The lowest BCUT2D eigenvalue weighted by atomic mass is 9.84. The van der Waals surface area contributed by atoms with Gasteiger partial charge in [0, 0.05) is 18.4 Å². The first-order valence-electron chi connectivity index (χ1n) is 8.22. The highest BCUT2D eigenvalue weighted by molar-refractivity contribution is 6.08. The lowest BCUT2D eigenvalue weighted by molar-refractivity contribution is -0.127. The Kier molecular flexibility index (Phi) is 3.51. The van der Waals surface area contributed by atoms with Gasteiger partial charge in [0.1, 0.15) is 5.76 Å². The summed E-state index contributed by atoms with van der Waals surface area (Å²) in [6.45, 7) is 9.86. The Morgan fingerprint density at radius 1 is 1.22 bits per heavy atom. The molecule has 3 heteroatoms. The van der Waals surface area contributed by atoms with Crippen molar-refractivity contribution in [3.8, 4) is 0 Å². The SMILES string of the molecule is CC1=C2CC(C)(C)/C=C\C(=O)/C(C)=C\C3=C[C@H](C)C[C@]3(O2)C1=O. The van der Waals surface area contributed by atoms with Crippen molar-refractivity contribution in [2.24, 2.45) is 11.3 Å². The van der Waals surface area contributed by atoms with Gasteiger partial charge in [-0.3, -0.25) is 9.59 Å². The Hall–Kier alpha value is -1.90. The molecule has 1 aliphatic carbocycles. The number of hydrogen-bond donors (Lipinski definition) is 0. The smallest absolute Gasteiger partial charge is 0.210 e. The van der Waals surface area contributed by atoms with Gasteiger partial charge in [0.2, 0.25) is 5.78 Å². The number of ether oxygens (including phenoxy) is 1. The van der Waals surface area contributed by atoms with Crippen LogP contribution in [0, 0.1) is 11.3 Å². The Morgan fingerprint density at radius 2 is 1.91 bits per heavy atom. The average Bonchev–Trinajstić information content (AvgIpc) is 2.88. The largest absolute Gasteiger partial charge is 0.478 e. The highest BCUT2D eigenvalue weighted by Gasteiger charge is 2.53. The van der Waals surface area contributed by atoms with E-state index >= 15 is 0 Å². The lowest BCUT2D eigenvalue weighted by Crippen LogP contribution is -2.37. The van der Waals surface area contributed by atoms with Crippen molar-refractivity contribution in [3.63, 3.8) is 0 Å². The van der Waals surface area contributed by atoms with Gasteiger partial charge in [-0.05, 0) is 48.5 Å². The molecule has 23 heavy (non-hydrogen) atoms. The molecular weight excluding hydrogens is 288 g/mol. The minimum Gasteiger partial charge on any atom is -0.478 e. The van der Waals surface area contributed by atoms with Crippen molar-refractivity contribution in [1.82, 2.24) is 0 Å². The molecule has 3 rings (SSSR count). The fraction of sp³-hybridized carbons (Fsp3) is 0.500. The molecule has 0 N–H and O–H groups in total. The second-order valence-electron chi connectivity index (χ2n) is 7.80. The van der Waals surface area contributed by atoms with E-state index in [0.717, 1.165) is 16.9 Å². The Balaban J connectivity index is 2.17. The van der Waals surface area contributed by atoms with E-state index in [0.29, 0.717) is 18.4 Å². The lowest BCUT2D eigenvalue weighted by Gasteiger charge is -2.28. The van der Waals surface area contributed by atoms with Gasteiger partial charge < -0.3 is 4.74 Å². The number of ketones is 2. The number of hydrogen-bond acceptors (Lipinski definition) is 3. The first-order chi connectivity index (χ1) is 10.6. The summed E-state index contributed by atoms with van der Waals surface area (Å²) in [6.07, 6.45) is 8.74. The van der Waals surface area contributed by atoms with Crippen LogP contribution in [-0.2, 0) is 14.3 Å². The van der Waals surface area contributed by atoms with Crippen molar-refractivity contribution in [2.75, 3.05) is 0 Å². The van der Waals surface area contributed by atoms with Crippen LogP contribution in [0.4, 0.5) is 0 Å². The standard InChI is InChI=1S/C20H24O3/c1-12-8-15-9-13(2)16(21)6-7-19(4,5)11-17-14(3)18(22)20(15,10-12)23-17/h6-9,12H,10-11H2,1-5H3/b7-6-,13-9-/t12-,20+/m0/s1. The van der Waals surface area contributed by atoms with Gasteiger partial charge in [-0.15, -0.1) is 0 Å². The van der Waals surface area contributed by atoms with Crippen LogP contribution >= 0.6 is 0 Å². The van der Waals surface area contributed by atoms with Crippen molar-refractivity contribution in [3.05, 3.63) is 46.8 Å². The summed E-state index contributed by atoms with van der Waals surface area (Å²) >= 11 is 0. The summed E-state index contributed by atoms with van der Waals surface area (Å²) in [4.78, 5) is 25.3. The van der Waals surface area contributed by atoms with Crippen LogP contribution in [-0.4, -0.2) is 17.2 Å². The number of allylic oxidation sites excluding steroid dienone is 5. The molecule has 0 aromatic heterocycles. The summed E-state index contributed by atoms with van der Waals surface area (Å²) < 4.78 is 6.29. The number of carbonyl (C=O) groups excluding carboxylic acids is 2. The first-order valence-corrected chi connectivity index (χ1v) is 8.22. The molecule has 0 saturated carbocycles. The van der Waals surface area contributed by atoms with E-state index in [2.05, 4.69) is 26.8 Å². The van der Waals surface area contributed by atoms with E-state index in [1.54, 1.807) is 13.0 Å². The molecule has 0 saturated heterocycles. The molecule has 0 aromatic rings. The molecule has 122 valence electrons. The number of rotatable bonds is 0. The quantitative estimate of drug-likeness (QED) is 0.677. The molecule has 2 heterocycles. The number of carbonyl (C=O) groups is 2. The normalized spacial score (nSPS) is 36.7. The Bertz CT molecular complexity index is 715. The zero-order chi connectivity index (χ0) is 17.0. The molecule has 0 unspecified atom stereocenters. The molecule has 2 aliphatic heterocycles. The molecule has 0 radical (unpaired) electrons. The predicted molar refractivity (Wildman–Crippen MR) is 89.7 cm³/mol. The van der Waals surface area contributed by atoms with Gasteiger partial charge in [-0.2, -0.15) is 0 Å². The molecule has 1 spiro atoms. The molecular formula is C20H24O3. The number of Topliss-reactive ketones (excluding diaryl/α,β-unsaturated/α-hetero) is 1. The third kappa shape index (κ3) is 2.52. The van der Waals surface area contributed by atoms with Crippen molar-refractivity contribution in [1.29, 1.82) is 0 Å². The van der Waals surface area contributed by atoms with Gasteiger partial charge in [0.05, 0.1) is 0 Å². The summed E-state index contributed by atoms with van der Waals surface area (Å²) in [5, 5.41) is 0. The van der Waals surface area contributed by atoms with E-state index in [4.69, 9.17) is 4.74 Å². The van der Waals surface area contributed by atoms with E-state index < -0.39 is 5.60 Å². The van der Waals surface area contributed by atoms with Gasteiger partial charge in [-0.1, -0.05) is 32.9 Å². The molecule has 3 aliphatic rings. The maximum Gasteiger partial charge on any atom is 0.210 e. The van der Waals surface area contributed by atoms with Crippen LogP contribution in [0.5, 0.6) is 0 Å². The first kappa shape index (κ1) is 16.0. The van der Waals surface area contributed by atoms with Crippen molar-refractivity contribution in [2.45, 2.75) is 53.1 Å². The topological polar surface area (TPSA) is 43.4 Å². The van der Waals surface area contributed by atoms with Crippen molar-refractivity contribution >= 4 is 11.6 Å². The summed E-state index contributed by atoms with van der Waals surface area (Å²) in [5.41, 5.74) is 1.05. The van der Waals surface area contributed by atoms with Gasteiger partial charge >= 0.3 is 0 Å². The van der Waals surface area contributed by atoms with E-state index in [1.807, 2.05) is 19.1 Å². The highest BCUT2D eigenvalue weighted by Crippen LogP contribution is 2.48. The fourth-order valence-corrected chi connectivity index (χ4v) is 3.70. The average molecular weight is 312 g/mol. The fourth-order valence-electron chi connectivity index (χ4n) is 3.70. The zero-order valence-electron chi connectivity index (χ0n) is 14.5. The van der Waals surface area contributed by atoms with Crippen LogP contribution in [0.2, 0.25) is 0 Å².